The van der Waals surface area contributed by atoms with Crippen LogP contribution in [0.5, 0.6) is 0 Å². The Kier molecular flexibility index (Phi) is 19.7. The summed E-state index contributed by atoms with van der Waals surface area (Å²) in [6, 6.07) is 15.6. The highest BCUT2D eigenvalue weighted by Crippen LogP contribution is 2.18. The Hall–Kier alpha value is -4.68. The Bertz CT molecular complexity index is 1510. The van der Waals surface area contributed by atoms with Crippen molar-refractivity contribution in [3.05, 3.63) is 118 Å². The first-order chi connectivity index (χ1) is 21.3. The van der Waals surface area contributed by atoms with E-state index in [1.165, 1.54) is 36.4 Å². The maximum absolute atomic E-state index is 13.3. The molecule has 4 N–H and O–H groups in total. The van der Waals surface area contributed by atoms with Crippen molar-refractivity contribution in [3.8, 4) is 17.5 Å². The van der Waals surface area contributed by atoms with Gasteiger partial charge in [0.2, 0.25) is 0 Å². The van der Waals surface area contributed by atoms with E-state index in [-0.39, 0.29) is 29.5 Å². The zero-order chi connectivity index (χ0) is 33.9. The van der Waals surface area contributed by atoms with Crippen LogP contribution in [0.25, 0.3) is 11.4 Å². The Labute approximate surface area is 271 Å². The summed E-state index contributed by atoms with van der Waals surface area (Å²) in [5.74, 6) is -0.0261. The van der Waals surface area contributed by atoms with Gasteiger partial charge in [-0.1, -0.05) is 39.7 Å². The highest BCUT2D eigenvalue weighted by atomic mass is 19.1. The Balaban J connectivity index is 0.000000615. The standard InChI is InChI=1S/C14H15FN2.C9H10FN.C8H6FN.C6H12O.H3N/c1-3-4-11-8-16-14(17-9-11)12-5-10(2)6-13(15)7-12;1-6-3-8(7(2)11)5-9(10)4-6;1-6-2-7(5-10)4-8(9)3-6;1-3-4-6(2)5-7;/h5-9H,3-4H2,1-2H3;3-5,11H,1-2H3;2-4H,1H3;5-6H,3-4H2,1-2H3;1H3. The molecule has 0 aliphatic rings. The van der Waals surface area contributed by atoms with Gasteiger partial charge < -0.3 is 16.4 Å². The molecule has 246 valence electrons. The summed E-state index contributed by atoms with van der Waals surface area (Å²) in [4.78, 5) is 18.4. The minimum absolute atomic E-state index is 0. The predicted octanol–water partition coefficient (Wildman–Crippen LogP) is 9.85. The Morgan fingerprint density at radius 1 is 0.848 bits per heavy atom. The molecule has 4 aromatic rings. The lowest BCUT2D eigenvalue weighted by atomic mass is 10.1. The molecule has 0 aliphatic carbocycles. The van der Waals surface area contributed by atoms with Gasteiger partial charge in [0.05, 0.1) is 11.6 Å². The second-order valence-corrected chi connectivity index (χ2v) is 10.9. The molecule has 1 unspecified atom stereocenters. The lowest BCUT2D eigenvalue weighted by Crippen LogP contribution is -1.93. The van der Waals surface area contributed by atoms with Crippen LogP contribution in [0.1, 0.15) is 80.3 Å². The molecular formula is C37H46F3N5O. The first kappa shape index (κ1) is 41.3. The number of nitrogens with zero attached hydrogens (tertiary/aromatic N) is 3. The van der Waals surface area contributed by atoms with Crippen molar-refractivity contribution in [1.29, 1.82) is 10.7 Å². The van der Waals surface area contributed by atoms with Crippen LogP contribution < -0.4 is 6.15 Å². The number of aryl methyl sites for hydroxylation is 4. The zero-order valence-electron chi connectivity index (χ0n) is 27.9. The molecule has 0 saturated heterocycles. The van der Waals surface area contributed by atoms with Crippen LogP contribution in [0, 0.1) is 60.9 Å². The van der Waals surface area contributed by atoms with Gasteiger partial charge in [0.15, 0.2) is 5.82 Å². The number of aromatic nitrogens is 2. The second kappa shape index (κ2) is 21.9. The van der Waals surface area contributed by atoms with Crippen molar-refractivity contribution in [2.75, 3.05) is 0 Å². The van der Waals surface area contributed by atoms with Gasteiger partial charge in [-0.25, -0.2) is 23.1 Å². The molecule has 0 bridgehead atoms. The fourth-order valence-corrected chi connectivity index (χ4v) is 4.06. The van der Waals surface area contributed by atoms with Crippen molar-refractivity contribution in [2.45, 2.75) is 74.1 Å². The number of carbonyl (C=O) groups excluding carboxylic acids is 1. The van der Waals surface area contributed by atoms with Crippen LogP contribution in [0.2, 0.25) is 0 Å². The van der Waals surface area contributed by atoms with Crippen LogP contribution in [-0.2, 0) is 11.2 Å². The van der Waals surface area contributed by atoms with E-state index in [1.807, 2.05) is 45.3 Å². The Morgan fingerprint density at radius 2 is 1.37 bits per heavy atom. The van der Waals surface area contributed by atoms with E-state index in [4.69, 9.17) is 10.7 Å². The molecule has 0 saturated carbocycles. The molecule has 46 heavy (non-hydrogen) atoms. The number of hydrogen-bond donors (Lipinski definition) is 2. The van der Waals surface area contributed by atoms with E-state index in [1.54, 1.807) is 26.0 Å². The number of halogens is 3. The van der Waals surface area contributed by atoms with Crippen molar-refractivity contribution >= 4 is 12.0 Å². The SMILES string of the molecule is CC(=N)c1cc(C)cc(F)c1.CCCC(C)C=O.CCCc1cnc(-c2cc(C)cc(F)c2)nc1.Cc1cc(F)cc(C#N)c1.N. The largest absolute Gasteiger partial charge is 0.344 e. The minimum atomic E-state index is -0.350. The van der Waals surface area contributed by atoms with Gasteiger partial charge in [-0.2, -0.15) is 5.26 Å². The van der Waals surface area contributed by atoms with Gasteiger partial charge in [0, 0.05) is 29.6 Å². The van der Waals surface area contributed by atoms with Crippen molar-refractivity contribution in [3.63, 3.8) is 0 Å². The lowest BCUT2D eigenvalue weighted by molar-refractivity contribution is -0.110. The molecule has 3 aromatic carbocycles. The third-order valence-corrected chi connectivity index (χ3v) is 6.17. The molecular weight excluding hydrogens is 587 g/mol. The van der Waals surface area contributed by atoms with E-state index < -0.39 is 0 Å². The summed E-state index contributed by atoms with van der Waals surface area (Å²) in [6.07, 6.45) is 8.81. The normalized spacial score (nSPS) is 10.2. The van der Waals surface area contributed by atoms with Crippen LogP contribution in [0.4, 0.5) is 13.2 Å². The highest BCUT2D eigenvalue weighted by Gasteiger charge is 2.04. The van der Waals surface area contributed by atoms with E-state index in [2.05, 4.69) is 23.8 Å². The number of rotatable bonds is 7. The number of aldehydes is 1. The smallest absolute Gasteiger partial charge is 0.159 e. The molecule has 4 rings (SSSR count). The van der Waals surface area contributed by atoms with Gasteiger partial charge in [-0.05, 0) is 117 Å². The molecule has 1 atom stereocenters. The molecule has 0 fully saturated rings. The van der Waals surface area contributed by atoms with Crippen LogP contribution >= 0.6 is 0 Å². The summed E-state index contributed by atoms with van der Waals surface area (Å²) in [5, 5.41) is 15.6. The third-order valence-electron chi connectivity index (χ3n) is 6.17. The fraction of sp³-hybridized carbons (Fsp3) is 0.324. The number of nitriles is 1. The van der Waals surface area contributed by atoms with Gasteiger partial charge in [-0.3, -0.25) is 0 Å². The molecule has 0 aliphatic heterocycles. The predicted molar refractivity (Wildman–Crippen MR) is 181 cm³/mol. The van der Waals surface area contributed by atoms with Gasteiger partial charge in [0.25, 0.3) is 0 Å². The molecule has 0 amide bonds. The van der Waals surface area contributed by atoms with Crippen LogP contribution in [0.3, 0.4) is 0 Å². The number of hydrogen-bond acceptors (Lipinski definition) is 6. The van der Waals surface area contributed by atoms with Crippen molar-refractivity contribution in [2.24, 2.45) is 5.92 Å². The average Bonchev–Trinajstić information content (AvgIpc) is 2.97. The summed E-state index contributed by atoms with van der Waals surface area (Å²) in [6.45, 7) is 13.2. The average molecular weight is 634 g/mol. The van der Waals surface area contributed by atoms with E-state index in [9.17, 15) is 18.0 Å². The van der Waals surface area contributed by atoms with Crippen molar-refractivity contribution in [1.82, 2.24) is 16.1 Å². The molecule has 9 heteroatoms. The monoisotopic (exact) mass is 633 g/mol. The summed E-state index contributed by atoms with van der Waals surface area (Å²) in [5.41, 5.74) is 5.77. The van der Waals surface area contributed by atoms with E-state index in [0.29, 0.717) is 22.7 Å². The van der Waals surface area contributed by atoms with Gasteiger partial charge in [0.1, 0.15) is 23.7 Å². The Morgan fingerprint density at radius 3 is 1.78 bits per heavy atom. The number of nitrogens with one attached hydrogen (secondary N) is 1. The van der Waals surface area contributed by atoms with Crippen LogP contribution in [-0.4, -0.2) is 22.0 Å². The summed E-state index contributed by atoms with van der Waals surface area (Å²) in [7, 11) is 0. The molecule has 0 radical (unpaired) electrons. The van der Waals surface area contributed by atoms with Crippen molar-refractivity contribution < 1.29 is 18.0 Å². The highest BCUT2D eigenvalue weighted by molar-refractivity contribution is 5.96. The summed E-state index contributed by atoms with van der Waals surface area (Å²) < 4.78 is 38.4. The molecule has 0 spiro atoms. The number of carbonyl (C=O) groups is 1. The first-order valence-corrected chi connectivity index (χ1v) is 14.9. The van der Waals surface area contributed by atoms with E-state index in [0.717, 1.165) is 59.8 Å². The zero-order valence-corrected chi connectivity index (χ0v) is 27.9. The van der Waals surface area contributed by atoms with Gasteiger partial charge in [-0.15, -0.1) is 0 Å². The second-order valence-electron chi connectivity index (χ2n) is 10.9. The first-order valence-electron chi connectivity index (χ1n) is 14.9. The number of benzene rings is 3. The lowest BCUT2D eigenvalue weighted by Gasteiger charge is -2.03. The van der Waals surface area contributed by atoms with Crippen LogP contribution in [0.15, 0.2) is 67.0 Å². The maximum Gasteiger partial charge on any atom is 0.159 e. The molecule has 6 nitrogen and oxygen atoms in total. The fourth-order valence-electron chi connectivity index (χ4n) is 4.06. The van der Waals surface area contributed by atoms with E-state index >= 15 is 0 Å². The molecule has 1 heterocycles. The summed E-state index contributed by atoms with van der Waals surface area (Å²) >= 11 is 0. The minimum Gasteiger partial charge on any atom is -0.344 e. The topological polar surface area (TPSA) is 125 Å². The quantitative estimate of drug-likeness (QED) is 0.155. The third kappa shape index (κ3) is 16.4. The maximum atomic E-state index is 13.3. The van der Waals surface area contributed by atoms with Gasteiger partial charge >= 0.3 is 0 Å². The molecule has 1 aromatic heterocycles.